The van der Waals surface area contributed by atoms with Crippen LogP contribution in [-0.2, 0) is 4.79 Å². The molecule has 0 aromatic heterocycles. The minimum absolute atomic E-state index is 0.0469. The Labute approximate surface area is 137 Å². The van der Waals surface area contributed by atoms with Crippen LogP contribution in [0.15, 0.2) is 42.5 Å². The summed E-state index contributed by atoms with van der Waals surface area (Å²) in [5.41, 5.74) is 0.254. The standard InChI is InChI=1S/C16H14N2O6/c1-23-13-6-7-14(15(8-13)18(21)22)17-16(20)10-24-12-4-2-11(9-19)3-5-12/h2-9H,10H2,1H3,(H,17,20). The van der Waals surface area contributed by atoms with Gasteiger partial charge < -0.3 is 14.8 Å². The van der Waals surface area contributed by atoms with Crippen molar-refractivity contribution >= 4 is 23.6 Å². The highest BCUT2D eigenvalue weighted by Crippen LogP contribution is 2.28. The summed E-state index contributed by atoms with van der Waals surface area (Å²) in [5.74, 6) is 0.161. The number of amides is 1. The molecule has 0 radical (unpaired) electrons. The molecule has 1 amide bonds. The van der Waals surface area contributed by atoms with Gasteiger partial charge in [-0.25, -0.2) is 0 Å². The molecule has 0 fully saturated rings. The van der Waals surface area contributed by atoms with Gasteiger partial charge in [-0.05, 0) is 36.4 Å². The van der Waals surface area contributed by atoms with Gasteiger partial charge in [-0.15, -0.1) is 0 Å². The van der Waals surface area contributed by atoms with Crippen molar-refractivity contribution in [2.45, 2.75) is 0 Å². The summed E-state index contributed by atoms with van der Waals surface area (Å²) >= 11 is 0. The Hall–Kier alpha value is -3.42. The monoisotopic (exact) mass is 330 g/mol. The van der Waals surface area contributed by atoms with Crippen LogP contribution in [0.4, 0.5) is 11.4 Å². The van der Waals surface area contributed by atoms with E-state index in [1.807, 2.05) is 0 Å². The normalized spacial score (nSPS) is 9.88. The highest BCUT2D eigenvalue weighted by atomic mass is 16.6. The molecule has 0 saturated carbocycles. The number of carbonyl (C=O) groups is 2. The van der Waals surface area contributed by atoms with Crippen LogP contribution in [0.3, 0.4) is 0 Å². The number of nitrogens with one attached hydrogen (secondary N) is 1. The van der Waals surface area contributed by atoms with Gasteiger partial charge in [0.2, 0.25) is 0 Å². The second-order valence-electron chi connectivity index (χ2n) is 4.66. The first kappa shape index (κ1) is 16.9. The summed E-state index contributed by atoms with van der Waals surface area (Å²) in [6.07, 6.45) is 0.694. The van der Waals surface area contributed by atoms with Crippen LogP contribution in [0, 0.1) is 10.1 Å². The molecule has 8 heteroatoms. The van der Waals surface area contributed by atoms with E-state index in [0.717, 1.165) is 0 Å². The van der Waals surface area contributed by atoms with Crippen molar-refractivity contribution in [2.75, 3.05) is 19.0 Å². The molecule has 0 unspecified atom stereocenters. The first-order valence-corrected chi connectivity index (χ1v) is 6.84. The fourth-order valence-corrected chi connectivity index (χ4v) is 1.87. The van der Waals surface area contributed by atoms with Gasteiger partial charge in [0, 0.05) is 5.56 Å². The van der Waals surface area contributed by atoms with Crippen LogP contribution < -0.4 is 14.8 Å². The summed E-state index contributed by atoms with van der Waals surface area (Å²) in [5, 5.41) is 13.5. The molecule has 0 aliphatic carbocycles. The van der Waals surface area contributed by atoms with Gasteiger partial charge >= 0.3 is 0 Å². The number of hydrogen-bond acceptors (Lipinski definition) is 6. The van der Waals surface area contributed by atoms with Crippen LogP contribution in [-0.4, -0.2) is 30.8 Å². The molecule has 8 nitrogen and oxygen atoms in total. The van der Waals surface area contributed by atoms with E-state index in [1.54, 1.807) is 24.3 Å². The molecule has 2 aromatic rings. The number of ether oxygens (including phenoxy) is 2. The molecular weight excluding hydrogens is 316 g/mol. The van der Waals surface area contributed by atoms with Crippen molar-refractivity contribution in [3.63, 3.8) is 0 Å². The first-order chi connectivity index (χ1) is 11.5. The number of anilines is 1. The Morgan fingerprint density at radius 1 is 1.21 bits per heavy atom. The van der Waals surface area contributed by atoms with Gasteiger partial charge in [-0.1, -0.05) is 0 Å². The molecular formula is C16H14N2O6. The summed E-state index contributed by atoms with van der Waals surface area (Å²) in [7, 11) is 1.39. The van der Waals surface area contributed by atoms with E-state index in [1.165, 1.54) is 25.3 Å². The molecule has 0 aliphatic rings. The predicted molar refractivity (Wildman–Crippen MR) is 85.6 cm³/mol. The Bertz CT molecular complexity index is 758. The van der Waals surface area contributed by atoms with Gasteiger partial charge in [0.05, 0.1) is 18.1 Å². The number of hydrogen-bond donors (Lipinski definition) is 1. The molecule has 24 heavy (non-hydrogen) atoms. The largest absolute Gasteiger partial charge is 0.496 e. The van der Waals surface area contributed by atoms with Crippen molar-refractivity contribution in [1.82, 2.24) is 0 Å². The van der Waals surface area contributed by atoms with E-state index in [2.05, 4.69) is 5.32 Å². The number of nitro groups is 1. The van der Waals surface area contributed by atoms with E-state index in [4.69, 9.17) is 9.47 Å². The second kappa shape index (κ2) is 7.73. The van der Waals surface area contributed by atoms with E-state index in [0.29, 0.717) is 23.3 Å². The molecule has 2 aromatic carbocycles. The number of nitro benzene ring substituents is 1. The number of nitrogens with zero attached hydrogens (tertiary/aromatic N) is 1. The Balaban J connectivity index is 2.01. The second-order valence-corrected chi connectivity index (χ2v) is 4.66. The third-order valence-electron chi connectivity index (χ3n) is 3.06. The highest BCUT2D eigenvalue weighted by Gasteiger charge is 2.17. The summed E-state index contributed by atoms with van der Waals surface area (Å²) in [4.78, 5) is 32.9. The Morgan fingerprint density at radius 3 is 2.46 bits per heavy atom. The highest BCUT2D eigenvalue weighted by molar-refractivity contribution is 5.94. The zero-order chi connectivity index (χ0) is 17.5. The zero-order valence-electron chi connectivity index (χ0n) is 12.7. The zero-order valence-corrected chi connectivity index (χ0v) is 12.7. The maximum atomic E-state index is 11.9. The SMILES string of the molecule is COc1ccc(NC(=O)COc2ccc(C=O)cc2)c([N+](=O)[O-])c1. The first-order valence-electron chi connectivity index (χ1n) is 6.84. The predicted octanol–water partition coefficient (Wildman–Crippen LogP) is 2.43. The van der Waals surface area contributed by atoms with Crippen molar-refractivity contribution in [3.05, 3.63) is 58.1 Å². The van der Waals surface area contributed by atoms with Crippen molar-refractivity contribution in [1.29, 1.82) is 0 Å². The molecule has 0 spiro atoms. The molecule has 0 bridgehead atoms. The number of rotatable bonds is 7. The van der Waals surface area contributed by atoms with Crippen molar-refractivity contribution in [3.8, 4) is 11.5 Å². The van der Waals surface area contributed by atoms with Gasteiger partial charge in [-0.2, -0.15) is 0 Å². The van der Waals surface area contributed by atoms with Crippen LogP contribution >= 0.6 is 0 Å². The molecule has 0 saturated heterocycles. The van der Waals surface area contributed by atoms with Crippen LogP contribution in [0.2, 0.25) is 0 Å². The van der Waals surface area contributed by atoms with Crippen molar-refractivity contribution < 1.29 is 24.0 Å². The van der Waals surface area contributed by atoms with Crippen LogP contribution in [0.25, 0.3) is 0 Å². The minimum atomic E-state index is -0.614. The van der Waals surface area contributed by atoms with Gasteiger partial charge in [0.25, 0.3) is 11.6 Å². The molecule has 1 N–H and O–H groups in total. The topological polar surface area (TPSA) is 108 Å². The van der Waals surface area contributed by atoms with Crippen LogP contribution in [0.1, 0.15) is 10.4 Å². The molecule has 2 rings (SSSR count). The molecule has 124 valence electrons. The van der Waals surface area contributed by atoms with Gasteiger partial charge in [-0.3, -0.25) is 19.7 Å². The van der Waals surface area contributed by atoms with E-state index >= 15 is 0 Å². The summed E-state index contributed by atoms with van der Waals surface area (Å²) in [6.45, 7) is -0.330. The third-order valence-corrected chi connectivity index (χ3v) is 3.06. The lowest BCUT2D eigenvalue weighted by molar-refractivity contribution is -0.384. The lowest BCUT2D eigenvalue weighted by Crippen LogP contribution is -2.20. The van der Waals surface area contributed by atoms with Crippen LogP contribution in [0.5, 0.6) is 11.5 Å². The summed E-state index contributed by atoms with van der Waals surface area (Å²) < 4.78 is 10.2. The third kappa shape index (κ3) is 4.29. The Morgan fingerprint density at radius 2 is 1.88 bits per heavy atom. The van der Waals surface area contributed by atoms with E-state index < -0.39 is 10.8 Å². The fourth-order valence-electron chi connectivity index (χ4n) is 1.87. The molecule has 0 aliphatic heterocycles. The van der Waals surface area contributed by atoms with Crippen molar-refractivity contribution in [2.24, 2.45) is 0 Å². The number of carbonyl (C=O) groups excluding carboxylic acids is 2. The average molecular weight is 330 g/mol. The summed E-state index contributed by atoms with van der Waals surface area (Å²) in [6, 6.07) is 10.3. The Kier molecular flexibility index (Phi) is 5.45. The average Bonchev–Trinajstić information content (AvgIpc) is 2.60. The number of benzene rings is 2. The number of aldehydes is 1. The lowest BCUT2D eigenvalue weighted by Gasteiger charge is -2.09. The van der Waals surface area contributed by atoms with Gasteiger partial charge in [0.15, 0.2) is 6.61 Å². The molecule has 0 atom stereocenters. The number of methoxy groups -OCH3 is 1. The smallest absolute Gasteiger partial charge is 0.296 e. The van der Waals surface area contributed by atoms with E-state index in [-0.39, 0.29) is 18.0 Å². The maximum absolute atomic E-state index is 11.9. The van der Waals surface area contributed by atoms with Gasteiger partial charge in [0.1, 0.15) is 23.5 Å². The fraction of sp³-hybridized carbons (Fsp3) is 0.125. The molecule has 0 heterocycles. The maximum Gasteiger partial charge on any atom is 0.296 e. The quantitative estimate of drug-likeness (QED) is 0.474. The lowest BCUT2D eigenvalue weighted by atomic mass is 10.2. The van der Waals surface area contributed by atoms with E-state index in [9.17, 15) is 19.7 Å². The minimum Gasteiger partial charge on any atom is -0.496 e.